The number of likely N-dealkylation sites (tertiary alicyclic amines) is 1. The number of Topliss-reactive ketones (excluding diaryl/α,β-unsaturated/α-hetero) is 1. The number of methoxy groups -OCH3 is 1. The quantitative estimate of drug-likeness (QED) is 0.690. The average Bonchev–Trinajstić information content (AvgIpc) is 2.76. The molecule has 1 aromatic rings. The number of ether oxygens (including phenoxy) is 1. The van der Waals surface area contributed by atoms with Crippen molar-refractivity contribution in [3.05, 3.63) is 29.8 Å². The van der Waals surface area contributed by atoms with Crippen LogP contribution in [0, 0.1) is 11.8 Å². The molecular formula is C26H40N2O2. The van der Waals surface area contributed by atoms with Crippen molar-refractivity contribution in [1.29, 1.82) is 0 Å². The van der Waals surface area contributed by atoms with Crippen LogP contribution in [0.15, 0.2) is 24.3 Å². The van der Waals surface area contributed by atoms with E-state index in [4.69, 9.17) is 4.74 Å². The van der Waals surface area contributed by atoms with Crippen molar-refractivity contribution in [2.45, 2.75) is 69.8 Å². The lowest BCUT2D eigenvalue weighted by atomic mass is 9.76. The number of carbonyl (C=O) groups excluding carboxylic acids is 1. The number of nitrogens with zero attached hydrogens (tertiary/aromatic N) is 2. The molecule has 4 heteroatoms. The van der Waals surface area contributed by atoms with Gasteiger partial charge in [0.25, 0.3) is 0 Å². The maximum Gasteiger partial charge on any atom is 0.143 e. The van der Waals surface area contributed by atoms with Gasteiger partial charge in [-0.05, 0) is 102 Å². The molecule has 2 heterocycles. The molecule has 2 saturated heterocycles. The molecule has 166 valence electrons. The first-order valence-corrected chi connectivity index (χ1v) is 12.1. The SMILES string of the molecule is COC1(C)CCC(c2ccc(N3CCC(CC4CCN(C)CC4)CC3)cc2)C(=O)C1. The number of ketones is 1. The molecule has 0 aromatic heterocycles. The summed E-state index contributed by atoms with van der Waals surface area (Å²) < 4.78 is 5.56. The molecule has 2 aliphatic heterocycles. The van der Waals surface area contributed by atoms with Gasteiger partial charge < -0.3 is 14.5 Å². The Balaban J connectivity index is 1.27. The summed E-state index contributed by atoms with van der Waals surface area (Å²) in [6.07, 6.45) is 9.24. The fourth-order valence-electron chi connectivity index (χ4n) is 5.83. The van der Waals surface area contributed by atoms with Crippen molar-refractivity contribution in [2.24, 2.45) is 11.8 Å². The Morgan fingerprint density at radius 1 is 0.967 bits per heavy atom. The highest BCUT2D eigenvalue weighted by molar-refractivity contribution is 5.87. The second-order valence-corrected chi connectivity index (χ2v) is 10.4. The zero-order valence-electron chi connectivity index (χ0n) is 19.2. The summed E-state index contributed by atoms with van der Waals surface area (Å²) in [6.45, 7) is 6.96. The first-order chi connectivity index (χ1) is 14.5. The van der Waals surface area contributed by atoms with E-state index in [0.717, 1.165) is 24.7 Å². The Hall–Kier alpha value is -1.39. The molecule has 1 aliphatic carbocycles. The summed E-state index contributed by atoms with van der Waals surface area (Å²) in [5.74, 6) is 2.23. The first kappa shape index (κ1) is 21.8. The summed E-state index contributed by atoms with van der Waals surface area (Å²) in [4.78, 5) is 17.7. The minimum Gasteiger partial charge on any atom is -0.378 e. The highest BCUT2D eigenvalue weighted by Crippen LogP contribution is 2.38. The third-order valence-electron chi connectivity index (χ3n) is 8.17. The topological polar surface area (TPSA) is 32.8 Å². The van der Waals surface area contributed by atoms with Crippen molar-refractivity contribution >= 4 is 11.5 Å². The van der Waals surface area contributed by atoms with Crippen LogP contribution in [-0.2, 0) is 9.53 Å². The molecular weight excluding hydrogens is 372 g/mol. The van der Waals surface area contributed by atoms with Crippen LogP contribution in [0.4, 0.5) is 5.69 Å². The number of carbonyl (C=O) groups is 1. The van der Waals surface area contributed by atoms with Gasteiger partial charge >= 0.3 is 0 Å². The van der Waals surface area contributed by atoms with E-state index in [9.17, 15) is 4.79 Å². The van der Waals surface area contributed by atoms with Crippen LogP contribution in [0.3, 0.4) is 0 Å². The summed E-state index contributed by atoms with van der Waals surface area (Å²) >= 11 is 0. The molecule has 2 unspecified atom stereocenters. The lowest BCUT2D eigenvalue weighted by Crippen LogP contribution is -2.37. The van der Waals surface area contributed by atoms with Gasteiger partial charge in [-0.2, -0.15) is 0 Å². The lowest BCUT2D eigenvalue weighted by Gasteiger charge is -2.37. The van der Waals surface area contributed by atoms with Crippen molar-refractivity contribution in [3.8, 4) is 0 Å². The van der Waals surface area contributed by atoms with E-state index in [1.165, 1.54) is 69.5 Å². The molecule has 3 fully saturated rings. The third-order valence-corrected chi connectivity index (χ3v) is 8.17. The van der Waals surface area contributed by atoms with Crippen LogP contribution in [-0.4, -0.2) is 56.6 Å². The fraction of sp³-hybridized carbons (Fsp3) is 0.731. The van der Waals surface area contributed by atoms with Crippen LogP contribution in [0.1, 0.15) is 69.8 Å². The number of anilines is 1. The Labute approximate surface area is 183 Å². The molecule has 3 aliphatic rings. The highest BCUT2D eigenvalue weighted by Gasteiger charge is 2.37. The lowest BCUT2D eigenvalue weighted by molar-refractivity contribution is -0.131. The highest BCUT2D eigenvalue weighted by atomic mass is 16.5. The van der Waals surface area contributed by atoms with Gasteiger partial charge in [-0.25, -0.2) is 0 Å². The van der Waals surface area contributed by atoms with E-state index < -0.39 is 0 Å². The van der Waals surface area contributed by atoms with E-state index in [0.29, 0.717) is 12.2 Å². The molecule has 0 N–H and O–H groups in total. The van der Waals surface area contributed by atoms with Crippen molar-refractivity contribution in [2.75, 3.05) is 45.2 Å². The second kappa shape index (κ2) is 9.40. The predicted molar refractivity (Wildman–Crippen MR) is 123 cm³/mol. The molecule has 0 bridgehead atoms. The van der Waals surface area contributed by atoms with E-state index in [2.05, 4.69) is 48.0 Å². The van der Waals surface area contributed by atoms with Gasteiger partial charge in [0.1, 0.15) is 5.78 Å². The maximum atomic E-state index is 12.7. The Kier molecular flexibility index (Phi) is 6.84. The number of rotatable bonds is 5. The molecule has 4 rings (SSSR count). The summed E-state index contributed by atoms with van der Waals surface area (Å²) in [5.41, 5.74) is 2.23. The molecule has 4 nitrogen and oxygen atoms in total. The fourth-order valence-corrected chi connectivity index (χ4v) is 5.83. The van der Waals surface area contributed by atoms with Gasteiger partial charge in [0.05, 0.1) is 5.60 Å². The predicted octanol–water partition coefficient (Wildman–Crippen LogP) is 4.88. The summed E-state index contributed by atoms with van der Waals surface area (Å²) in [6, 6.07) is 8.87. The van der Waals surface area contributed by atoms with Gasteiger partial charge in [0.15, 0.2) is 0 Å². The van der Waals surface area contributed by atoms with Gasteiger partial charge in [0.2, 0.25) is 0 Å². The zero-order chi connectivity index (χ0) is 21.1. The van der Waals surface area contributed by atoms with Crippen molar-refractivity contribution in [1.82, 2.24) is 4.90 Å². The van der Waals surface area contributed by atoms with Gasteiger partial charge in [-0.1, -0.05) is 12.1 Å². The molecule has 2 atom stereocenters. The van der Waals surface area contributed by atoms with Crippen LogP contribution in [0.25, 0.3) is 0 Å². The number of hydrogen-bond donors (Lipinski definition) is 0. The zero-order valence-corrected chi connectivity index (χ0v) is 19.2. The molecule has 1 saturated carbocycles. The van der Waals surface area contributed by atoms with Crippen LogP contribution in [0.5, 0.6) is 0 Å². The first-order valence-electron chi connectivity index (χ1n) is 12.1. The normalized spacial score (nSPS) is 30.0. The van der Waals surface area contributed by atoms with E-state index in [1.807, 2.05) is 0 Å². The molecule has 30 heavy (non-hydrogen) atoms. The van der Waals surface area contributed by atoms with Crippen LogP contribution >= 0.6 is 0 Å². The minimum absolute atomic E-state index is 0.0440. The number of benzene rings is 1. The smallest absolute Gasteiger partial charge is 0.143 e. The number of piperidine rings is 2. The minimum atomic E-state index is -0.272. The third kappa shape index (κ3) is 5.08. The van der Waals surface area contributed by atoms with Crippen molar-refractivity contribution < 1.29 is 9.53 Å². The van der Waals surface area contributed by atoms with Gasteiger partial charge in [0, 0.05) is 38.2 Å². The second-order valence-electron chi connectivity index (χ2n) is 10.4. The Morgan fingerprint density at radius 3 is 2.13 bits per heavy atom. The standard InChI is InChI=1S/C26H40N2O2/c1-26(30-3)13-8-24(25(29)19-26)22-4-6-23(7-5-22)28-16-11-21(12-17-28)18-20-9-14-27(2)15-10-20/h4-7,20-21,24H,8-19H2,1-3H3. The average molecular weight is 413 g/mol. The maximum absolute atomic E-state index is 12.7. The Morgan fingerprint density at radius 2 is 1.57 bits per heavy atom. The van der Waals surface area contributed by atoms with Gasteiger partial charge in [-0.3, -0.25) is 4.79 Å². The summed E-state index contributed by atoms with van der Waals surface area (Å²) in [5, 5.41) is 0. The summed E-state index contributed by atoms with van der Waals surface area (Å²) in [7, 11) is 3.97. The van der Waals surface area contributed by atoms with E-state index in [1.54, 1.807) is 7.11 Å². The molecule has 0 amide bonds. The van der Waals surface area contributed by atoms with E-state index >= 15 is 0 Å². The van der Waals surface area contributed by atoms with Crippen LogP contribution in [0.2, 0.25) is 0 Å². The molecule has 1 aromatic carbocycles. The van der Waals surface area contributed by atoms with E-state index in [-0.39, 0.29) is 11.5 Å². The van der Waals surface area contributed by atoms with Crippen molar-refractivity contribution in [3.63, 3.8) is 0 Å². The molecule has 0 radical (unpaired) electrons. The Bertz CT molecular complexity index is 702. The monoisotopic (exact) mass is 412 g/mol. The number of hydrogen-bond acceptors (Lipinski definition) is 4. The van der Waals surface area contributed by atoms with Crippen LogP contribution < -0.4 is 4.90 Å². The largest absolute Gasteiger partial charge is 0.378 e. The van der Waals surface area contributed by atoms with Gasteiger partial charge in [-0.15, -0.1) is 0 Å². The molecule has 0 spiro atoms.